The molecular weight excluding hydrogens is 324 g/mol. The van der Waals surface area contributed by atoms with Gasteiger partial charge in [0, 0.05) is 22.6 Å². The summed E-state index contributed by atoms with van der Waals surface area (Å²) in [7, 11) is 2.32. The molecule has 0 saturated carbocycles. The fourth-order valence-corrected chi connectivity index (χ4v) is 4.37. The molecule has 0 amide bonds. The zero-order valence-corrected chi connectivity index (χ0v) is 14.8. The van der Waals surface area contributed by atoms with Gasteiger partial charge >= 0.3 is 0 Å². The van der Waals surface area contributed by atoms with E-state index >= 15 is 0 Å². The van der Waals surface area contributed by atoms with E-state index in [0.717, 1.165) is 28.9 Å². The first-order valence-corrected chi connectivity index (χ1v) is 9.11. The van der Waals surface area contributed by atoms with Gasteiger partial charge in [-0.3, -0.25) is 0 Å². The Bertz CT molecular complexity index is 445. The molecule has 3 unspecified atom stereocenters. The Morgan fingerprint density at radius 2 is 1.81 bits per heavy atom. The number of piperidine rings is 1. The van der Waals surface area contributed by atoms with Crippen LogP contribution in [0, 0.1) is 5.92 Å². The van der Waals surface area contributed by atoms with E-state index in [-0.39, 0.29) is 0 Å². The maximum absolute atomic E-state index is 3.77. The van der Waals surface area contributed by atoms with Crippen LogP contribution in [0.25, 0.3) is 0 Å². The minimum atomic E-state index is 0.559. The van der Waals surface area contributed by atoms with Crippen molar-refractivity contribution in [1.82, 2.24) is 10.2 Å². The predicted molar refractivity (Wildman–Crippen MR) is 92.6 cm³/mol. The molecule has 0 radical (unpaired) electrons. The molecule has 116 valence electrons. The molecule has 3 atom stereocenters. The summed E-state index contributed by atoms with van der Waals surface area (Å²) in [5.74, 6) is 0.881. The third-order valence-corrected chi connectivity index (χ3v) is 5.93. The molecular formula is C18H27BrN2. The fourth-order valence-electron chi connectivity index (χ4n) is 4.10. The molecule has 1 N–H and O–H groups in total. The highest BCUT2D eigenvalue weighted by molar-refractivity contribution is 9.10. The molecule has 2 aliphatic heterocycles. The molecule has 0 aliphatic carbocycles. The largest absolute Gasteiger partial charge is 0.314 e. The molecule has 2 bridgehead atoms. The number of benzene rings is 1. The van der Waals surface area contributed by atoms with Crippen LogP contribution in [0.15, 0.2) is 28.7 Å². The van der Waals surface area contributed by atoms with Gasteiger partial charge in [0.05, 0.1) is 0 Å². The van der Waals surface area contributed by atoms with Gasteiger partial charge in [-0.2, -0.15) is 0 Å². The maximum Gasteiger partial charge on any atom is 0.0175 e. The topological polar surface area (TPSA) is 15.3 Å². The highest BCUT2D eigenvalue weighted by Crippen LogP contribution is 2.37. The van der Waals surface area contributed by atoms with Crippen molar-refractivity contribution in [1.29, 1.82) is 0 Å². The lowest BCUT2D eigenvalue weighted by molar-refractivity contribution is 0.131. The number of nitrogens with zero attached hydrogens (tertiary/aromatic N) is 1. The van der Waals surface area contributed by atoms with Crippen LogP contribution in [0.1, 0.15) is 38.2 Å². The van der Waals surface area contributed by atoms with Gasteiger partial charge in [-0.1, -0.05) is 28.1 Å². The van der Waals surface area contributed by atoms with E-state index in [9.17, 15) is 0 Å². The van der Waals surface area contributed by atoms with Crippen LogP contribution in [-0.4, -0.2) is 36.6 Å². The van der Waals surface area contributed by atoms with Crippen LogP contribution in [-0.2, 0) is 6.42 Å². The van der Waals surface area contributed by atoms with Crippen LogP contribution in [0.4, 0.5) is 0 Å². The summed E-state index contributed by atoms with van der Waals surface area (Å²) in [4.78, 5) is 2.63. The van der Waals surface area contributed by atoms with E-state index in [1.165, 1.54) is 37.8 Å². The minimum absolute atomic E-state index is 0.559. The van der Waals surface area contributed by atoms with Crippen LogP contribution < -0.4 is 5.32 Å². The molecule has 3 rings (SSSR count). The highest BCUT2D eigenvalue weighted by Gasteiger charge is 2.38. The number of hydrogen-bond donors (Lipinski definition) is 1. The summed E-state index contributed by atoms with van der Waals surface area (Å²) < 4.78 is 1.16. The zero-order valence-electron chi connectivity index (χ0n) is 13.2. The van der Waals surface area contributed by atoms with Gasteiger partial charge in [0.25, 0.3) is 0 Å². The van der Waals surface area contributed by atoms with E-state index in [1.807, 2.05) is 0 Å². The zero-order chi connectivity index (χ0) is 14.8. The summed E-state index contributed by atoms with van der Waals surface area (Å²) in [6, 6.07) is 11.0. The molecule has 2 fully saturated rings. The van der Waals surface area contributed by atoms with Crippen molar-refractivity contribution < 1.29 is 0 Å². The molecule has 2 heterocycles. The quantitative estimate of drug-likeness (QED) is 0.867. The van der Waals surface area contributed by atoms with Gasteiger partial charge in [0.2, 0.25) is 0 Å². The molecule has 2 saturated heterocycles. The first-order valence-electron chi connectivity index (χ1n) is 8.31. The van der Waals surface area contributed by atoms with E-state index in [1.54, 1.807) is 0 Å². The smallest absolute Gasteiger partial charge is 0.0175 e. The standard InChI is InChI=1S/C18H27BrN2/c1-13(9-14-3-5-16(19)6-4-14)20-12-15-10-17-7-8-18(11-15)21(17)2/h3-6,13,15,17-18,20H,7-12H2,1-2H3. The first kappa shape index (κ1) is 15.5. The van der Waals surface area contributed by atoms with Gasteiger partial charge in [0.15, 0.2) is 0 Å². The average Bonchev–Trinajstić information content (AvgIpc) is 2.70. The van der Waals surface area contributed by atoms with Crippen molar-refractivity contribution in [2.45, 2.75) is 57.2 Å². The molecule has 1 aromatic carbocycles. The molecule has 2 nitrogen and oxygen atoms in total. The van der Waals surface area contributed by atoms with Crippen LogP contribution >= 0.6 is 15.9 Å². The van der Waals surface area contributed by atoms with Crippen molar-refractivity contribution in [3.63, 3.8) is 0 Å². The highest BCUT2D eigenvalue weighted by atomic mass is 79.9. The summed E-state index contributed by atoms with van der Waals surface area (Å²) in [5.41, 5.74) is 1.42. The summed E-state index contributed by atoms with van der Waals surface area (Å²) in [6.07, 6.45) is 6.75. The lowest BCUT2D eigenvalue weighted by Crippen LogP contribution is -2.43. The Kier molecular flexibility index (Phi) is 5.03. The van der Waals surface area contributed by atoms with Crippen LogP contribution in [0.3, 0.4) is 0 Å². The molecule has 1 aromatic rings. The van der Waals surface area contributed by atoms with Crippen molar-refractivity contribution in [3.05, 3.63) is 34.3 Å². The molecule has 0 spiro atoms. The summed E-state index contributed by atoms with van der Waals surface area (Å²) >= 11 is 3.50. The fraction of sp³-hybridized carbons (Fsp3) is 0.667. The Hall–Kier alpha value is -0.380. The molecule has 2 aliphatic rings. The lowest BCUT2D eigenvalue weighted by Gasteiger charge is -2.36. The Morgan fingerprint density at radius 3 is 2.43 bits per heavy atom. The molecule has 21 heavy (non-hydrogen) atoms. The SMILES string of the molecule is CC(Cc1ccc(Br)cc1)NCC1CC2CCC(C1)N2C. The van der Waals surface area contributed by atoms with Crippen molar-refractivity contribution >= 4 is 15.9 Å². The van der Waals surface area contributed by atoms with Crippen molar-refractivity contribution in [2.24, 2.45) is 5.92 Å². The second kappa shape index (κ2) is 6.80. The van der Waals surface area contributed by atoms with Gasteiger partial charge in [-0.25, -0.2) is 0 Å². The summed E-state index contributed by atoms with van der Waals surface area (Å²) in [5, 5.41) is 3.77. The average molecular weight is 351 g/mol. The van der Waals surface area contributed by atoms with E-state index in [4.69, 9.17) is 0 Å². The Labute approximate surface area is 137 Å². The normalized spacial score (nSPS) is 30.5. The van der Waals surface area contributed by atoms with Crippen LogP contribution in [0.2, 0.25) is 0 Å². The number of fused-ring (bicyclic) bond motifs is 2. The minimum Gasteiger partial charge on any atom is -0.314 e. The summed E-state index contributed by atoms with van der Waals surface area (Å²) in [6.45, 7) is 3.50. The second-order valence-corrected chi connectivity index (χ2v) is 7.94. The number of rotatable bonds is 5. The number of hydrogen-bond acceptors (Lipinski definition) is 2. The lowest BCUT2D eigenvalue weighted by atomic mass is 9.91. The van der Waals surface area contributed by atoms with Gasteiger partial charge in [-0.15, -0.1) is 0 Å². The Balaban J connectivity index is 1.44. The monoisotopic (exact) mass is 350 g/mol. The van der Waals surface area contributed by atoms with E-state index < -0.39 is 0 Å². The van der Waals surface area contributed by atoms with Crippen LogP contribution in [0.5, 0.6) is 0 Å². The first-order chi connectivity index (χ1) is 10.1. The second-order valence-electron chi connectivity index (χ2n) is 7.03. The van der Waals surface area contributed by atoms with E-state index in [0.29, 0.717) is 6.04 Å². The van der Waals surface area contributed by atoms with E-state index in [2.05, 4.69) is 64.4 Å². The number of nitrogens with one attached hydrogen (secondary N) is 1. The van der Waals surface area contributed by atoms with Gasteiger partial charge < -0.3 is 10.2 Å². The third-order valence-electron chi connectivity index (χ3n) is 5.41. The van der Waals surface area contributed by atoms with Crippen molar-refractivity contribution in [2.75, 3.05) is 13.6 Å². The maximum atomic E-state index is 3.77. The number of halogens is 1. The van der Waals surface area contributed by atoms with Gasteiger partial charge in [0.1, 0.15) is 0 Å². The van der Waals surface area contributed by atoms with Crippen molar-refractivity contribution in [3.8, 4) is 0 Å². The third kappa shape index (κ3) is 3.88. The Morgan fingerprint density at radius 1 is 1.19 bits per heavy atom. The molecule has 3 heteroatoms. The molecule has 0 aromatic heterocycles. The van der Waals surface area contributed by atoms with Gasteiger partial charge in [-0.05, 0) is 76.2 Å². The predicted octanol–water partition coefficient (Wildman–Crippen LogP) is 3.84.